The molecule has 1 atom stereocenters. The van der Waals surface area contributed by atoms with Crippen LogP contribution in [0.15, 0.2) is 24.5 Å². The van der Waals surface area contributed by atoms with E-state index in [1.807, 2.05) is 4.90 Å². The van der Waals surface area contributed by atoms with Gasteiger partial charge in [-0.2, -0.15) is 13.2 Å². The highest BCUT2D eigenvalue weighted by molar-refractivity contribution is 7.15. The van der Waals surface area contributed by atoms with Crippen LogP contribution in [0.4, 0.5) is 24.0 Å². The number of hydrogen-bond acceptors (Lipinski definition) is 6. The van der Waals surface area contributed by atoms with Crippen molar-refractivity contribution < 1.29 is 18.0 Å². The molecule has 156 valence electrons. The maximum Gasteiger partial charge on any atom is 0.433 e. The Kier molecular flexibility index (Phi) is 5.24. The Morgan fingerprint density at radius 2 is 2.07 bits per heavy atom. The zero-order chi connectivity index (χ0) is 20.6. The maximum absolute atomic E-state index is 13.0. The summed E-state index contributed by atoms with van der Waals surface area (Å²) in [6.07, 6.45) is 0.589. The number of likely N-dealkylation sites (tertiary alicyclic amines) is 1. The number of rotatable bonds is 4. The fourth-order valence-electron chi connectivity index (χ4n) is 4.23. The molecule has 10 heteroatoms. The first-order chi connectivity index (χ1) is 13.7. The van der Waals surface area contributed by atoms with E-state index in [1.54, 1.807) is 12.3 Å². The number of carbonyl (C=O) groups is 1. The second-order valence-corrected chi connectivity index (χ2v) is 8.96. The van der Waals surface area contributed by atoms with Gasteiger partial charge in [-0.3, -0.25) is 14.7 Å². The highest BCUT2D eigenvalue weighted by Crippen LogP contribution is 2.42. The topological polar surface area (TPSA) is 61.4 Å². The van der Waals surface area contributed by atoms with E-state index >= 15 is 0 Å². The molecule has 4 heterocycles. The summed E-state index contributed by atoms with van der Waals surface area (Å²) in [5.74, 6) is -0.137. The summed E-state index contributed by atoms with van der Waals surface area (Å²) in [6.45, 7) is 5.59. The van der Waals surface area contributed by atoms with Gasteiger partial charge in [-0.15, -0.1) is 11.3 Å². The standard InChI is InChI=1S/C19H22F3N5OS/c1-13(28)25-17-24-9-15(29-17)10-26-6-3-18(11-26)4-7-27(12-18)14-2-5-23-16(8-14)19(20,21)22/h2,5,8-9H,3-4,6-7,10-12H2,1H3,(H,24,25,28). The number of halogens is 3. The van der Waals surface area contributed by atoms with Crippen molar-refractivity contribution in [1.29, 1.82) is 0 Å². The maximum atomic E-state index is 13.0. The monoisotopic (exact) mass is 425 g/mol. The summed E-state index contributed by atoms with van der Waals surface area (Å²) in [5.41, 5.74) is -0.151. The Morgan fingerprint density at radius 1 is 1.28 bits per heavy atom. The molecule has 0 bridgehead atoms. The van der Waals surface area contributed by atoms with Crippen LogP contribution in [0.2, 0.25) is 0 Å². The lowest BCUT2D eigenvalue weighted by Gasteiger charge is -2.25. The number of hydrogen-bond donors (Lipinski definition) is 1. The van der Waals surface area contributed by atoms with Crippen molar-refractivity contribution >= 4 is 28.1 Å². The van der Waals surface area contributed by atoms with Crippen LogP contribution in [0.5, 0.6) is 0 Å². The SMILES string of the molecule is CC(=O)Nc1ncc(CN2CCC3(CCN(c4ccnc(C(F)(F)F)c4)C3)C2)s1. The second-order valence-electron chi connectivity index (χ2n) is 7.84. The second kappa shape index (κ2) is 7.56. The van der Waals surface area contributed by atoms with Crippen LogP contribution in [-0.2, 0) is 17.5 Å². The number of thiazole rings is 1. The van der Waals surface area contributed by atoms with Crippen LogP contribution in [0.1, 0.15) is 30.3 Å². The minimum atomic E-state index is -4.43. The van der Waals surface area contributed by atoms with Gasteiger partial charge in [0.1, 0.15) is 5.69 Å². The van der Waals surface area contributed by atoms with Crippen LogP contribution < -0.4 is 10.2 Å². The molecule has 2 aliphatic rings. The van der Waals surface area contributed by atoms with Crippen LogP contribution >= 0.6 is 11.3 Å². The van der Waals surface area contributed by atoms with E-state index in [0.717, 1.165) is 56.5 Å². The van der Waals surface area contributed by atoms with Crippen LogP contribution in [0.25, 0.3) is 0 Å². The van der Waals surface area contributed by atoms with Gasteiger partial charge in [0.25, 0.3) is 0 Å². The minimum absolute atomic E-state index is 0.104. The van der Waals surface area contributed by atoms with E-state index in [1.165, 1.54) is 24.5 Å². The van der Waals surface area contributed by atoms with E-state index in [4.69, 9.17) is 0 Å². The molecule has 29 heavy (non-hydrogen) atoms. The van der Waals surface area contributed by atoms with Crippen LogP contribution in [-0.4, -0.2) is 47.0 Å². The van der Waals surface area contributed by atoms with Crippen molar-refractivity contribution in [1.82, 2.24) is 14.9 Å². The molecule has 0 saturated carbocycles. The molecule has 0 radical (unpaired) electrons. The third-order valence-corrected chi connectivity index (χ3v) is 6.47. The van der Waals surface area contributed by atoms with E-state index in [2.05, 4.69) is 20.2 Å². The molecular formula is C19H22F3N5OS. The molecule has 4 rings (SSSR count). The summed E-state index contributed by atoms with van der Waals surface area (Å²) >= 11 is 1.47. The molecule has 1 amide bonds. The van der Waals surface area contributed by atoms with Crippen molar-refractivity contribution in [2.24, 2.45) is 5.41 Å². The van der Waals surface area contributed by atoms with E-state index in [9.17, 15) is 18.0 Å². The molecule has 2 fully saturated rings. The van der Waals surface area contributed by atoms with Gasteiger partial charge in [0, 0.05) is 61.5 Å². The molecule has 2 aromatic rings. The fraction of sp³-hybridized carbons (Fsp3) is 0.526. The summed E-state index contributed by atoms with van der Waals surface area (Å²) in [4.78, 5) is 24.3. The number of pyridine rings is 1. The fourth-order valence-corrected chi connectivity index (χ4v) is 5.13. The number of aromatic nitrogens is 2. The lowest BCUT2D eigenvalue weighted by Crippen LogP contribution is -2.30. The Morgan fingerprint density at radius 3 is 2.83 bits per heavy atom. The average Bonchev–Trinajstić information content (AvgIpc) is 3.36. The Labute approximate surface area is 170 Å². The Balaban J connectivity index is 1.38. The molecule has 2 aromatic heterocycles. The first kappa shape index (κ1) is 20.1. The number of nitrogens with zero attached hydrogens (tertiary/aromatic N) is 4. The highest BCUT2D eigenvalue weighted by Gasteiger charge is 2.44. The van der Waals surface area contributed by atoms with Gasteiger partial charge in [-0.05, 0) is 31.5 Å². The van der Waals surface area contributed by atoms with Gasteiger partial charge in [-0.25, -0.2) is 4.98 Å². The summed E-state index contributed by atoms with van der Waals surface area (Å²) in [5, 5.41) is 3.30. The molecule has 6 nitrogen and oxygen atoms in total. The van der Waals surface area contributed by atoms with Crippen molar-refractivity contribution in [3.05, 3.63) is 35.1 Å². The number of amides is 1. The Bertz CT molecular complexity index is 902. The smallest absolute Gasteiger partial charge is 0.371 e. The molecule has 1 N–H and O–H groups in total. The van der Waals surface area contributed by atoms with Crippen molar-refractivity contribution in [2.75, 3.05) is 36.4 Å². The van der Waals surface area contributed by atoms with Crippen molar-refractivity contribution in [3.8, 4) is 0 Å². The van der Waals surface area contributed by atoms with Crippen LogP contribution in [0.3, 0.4) is 0 Å². The third-order valence-electron chi connectivity index (χ3n) is 5.57. The van der Waals surface area contributed by atoms with Gasteiger partial charge in [-0.1, -0.05) is 0 Å². The molecule has 1 unspecified atom stereocenters. The lowest BCUT2D eigenvalue weighted by molar-refractivity contribution is -0.141. The molecule has 2 saturated heterocycles. The van der Waals surface area contributed by atoms with Gasteiger partial charge >= 0.3 is 6.18 Å². The highest BCUT2D eigenvalue weighted by atomic mass is 32.1. The summed E-state index contributed by atoms with van der Waals surface area (Å²) in [6, 6.07) is 2.80. The first-order valence-corrected chi connectivity index (χ1v) is 10.3. The largest absolute Gasteiger partial charge is 0.433 e. The lowest BCUT2D eigenvalue weighted by atomic mass is 9.86. The molecular weight excluding hydrogens is 403 g/mol. The summed E-state index contributed by atoms with van der Waals surface area (Å²) < 4.78 is 38.9. The Hall–Kier alpha value is -2.20. The number of anilines is 2. The average molecular weight is 425 g/mol. The molecule has 1 spiro atoms. The predicted octanol–water partition coefficient (Wildman–Crippen LogP) is 3.62. The van der Waals surface area contributed by atoms with Gasteiger partial charge in [0.15, 0.2) is 5.13 Å². The predicted molar refractivity (Wildman–Crippen MR) is 105 cm³/mol. The number of alkyl halides is 3. The molecule has 2 aliphatic heterocycles. The van der Waals surface area contributed by atoms with E-state index < -0.39 is 11.9 Å². The zero-order valence-electron chi connectivity index (χ0n) is 16.0. The molecule has 0 aliphatic carbocycles. The van der Waals surface area contributed by atoms with Gasteiger partial charge in [0.05, 0.1) is 0 Å². The number of nitrogens with one attached hydrogen (secondary N) is 1. The molecule has 0 aromatic carbocycles. The first-order valence-electron chi connectivity index (χ1n) is 9.45. The quantitative estimate of drug-likeness (QED) is 0.811. The third kappa shape index (κ3) is 4.53. The normalized spacial score (nSPS) is 22.6. The zero-order valence-corrected chi connectivity index (χ0v) is 16.8. The van der Waals surface area contributed by atoms with Crippen molar-refractivity contribution in [3.63, 3.8) is 0 Å². The van der Waals surface area contributed by atoms with Crippen molar-refractivity contribution in [2.45, 2.75) is 32.5 Å². The van der Waals surface area contributed by atoms with Crippen LogP contribution in [0, 0.1) is 5.41 Å². The van der Waals surface area contributed by atoms with E-state index in [-0.39, 0.29) is 11.3 Å². The minimum Gasteiger partial charge on any atom is -0.371 e. The number of carbonyl (C=O) groups excluding carboxylic acids is 1. The van der Waals surface area contributed by atoms with Gasteiger partial charge in [0.2, 0.25) is 5.91 Å². The van der Waals surface area contributed by atoms with E-state index in [0.29, 0.717) is 10.8 Å². The summed E-state index contributed by atoms with van der Waals surface area (Å²) in [7, 11) is 0. The van der Waals surface area contributed by atoms with Gasteiger partial charge < -0.3 is 10.2 Å².